The first-order valence-electron chi connectivity index (χ1n) is 10.9. The van der Waals surface area contributed by atoms with Crippen LogP contribution in [0.1, 0.15) is 71.8 Å². The van der Waals surface area contributed by atoms with E-state index in [1.165, 1.54) is 5.56 Å². The molecule has 2 N–H and O–H groups in total. The molecule has 5 heteroatoms. The zero-order chi connectivity index (χ0) is 21.2. The lowest BCUT2D eigenvalue weighted by molar-refractivity contribution is -0.130. The second-order valence-corrected chi connectivity index (χ2v) is 10.1. The van der Waals surface area contributed by atoms with Gasteiger partial charge in [-0.2, -0.15) is 0 Å². The summed E-state index contributed by atoms with van der Waals surface area (Å²) in [6.45, 7) is 11.0. The van der Waals surface area contributed by atoms with E-state index in [9.17, 15) is 9.59 Å². The Hall–Kier alpha value is -2.04. The summed E-state index contributed by atoms with van der Waals surface area (Å²) < 4.78 is 5.65. The Balaban J connectivity index is 1.50. The van der Waals surface area contributed by atoms with Crippen LogP contribution in [0.15, 0.2) is 24.3 Å². The van der Waals surface area contributed by atoms with Crippen molar-refractivity contribution >= 4 is 11.8 Å². The van der Waals surface area contributed by atoms with E-state index in [1.54, 1.807) is 0 Å². The molecule has 0 bridgehead atoms. The molecule has 2 amide bonds. The molecule has 1 aromatic carbocycles. The number of fused-ring (bicyclic) bond motifs is 1. The average molecular weight is 401 g/mol. The molecule has 1 aromatic rings. The Morgan fingerprint density at radius 3 is 2.52 bits per heavy atom. The average Bonchev–Trinajstić information content (AvgIpc) is 2.65. The van der Waals surface area contributed by atoms with Crippen LogP contribution < -0.4 is 15.4 Å². The van der Waals surface area contributed by atoms with Crippen LogP contribution in [0.3, 0.4) is 0 Å². The van der Waals surface area contributed by atoms with E-state index in [0.29, 0.717) is 29.9 Å². The van der Waals surface area contributed by atoms with Crippen LogP contribution in [-0.4, -0.2) is 30.5 Å². The molecule has 4 atom stereocenters. The first-order chi connectivity index (χ1) is 13.6. The lowest BCUT2D eigenvalue weighted by atomic mass is 9.62. The molecule has 3 rings (SSSR count). The first kappa shape index (κ1) is 21.7. The Morgan fingerprint density at radius 1 is 1.21 bits per heavy atom. The van der Waals surface area contributed by atoms with E-state index in [0.717, 1.165) is 19.3 Å². The fraction of sp³-hybridized carbons (Fsp3) is 0.667. The van der Waals surface area contributed by atoms with Gasteiger partial charge in [0.25, 0.3) is 5.91 Å². The third-order valence-electron chi connectivity index (χ3n) is 6.57. The molecule has 1 saturated carbocycles. The van der Waals surface area contributed by atoms with Crippen LogP contribution in [-0.2, 0) is 9.59 Å². The molecule has 2 aliphatic rings. The van der Waals surface area contributed by atoms with E-state index in [4.69, 9.17) is 4.74 Å². The molecule has 4 unspecified atom stereocenters. The second kappa shape index (κ2) is 8.76. The van der Waals surface area contributed by atoms with Crippen LogP contribution in [0.5, 0.6) is 5.75 Å². The quantitative estimate of drug-likeness (QED) is 0.784. The van der Waals surface area contributed by atoms with Crippen LogP contribution in [0, 0.1) is 17.3 Å². The number of ether oxygens (including phenoxy) is 1. The number of amides is 2. The zero-order valence-electron chi connectivity index (χ0n) is 18.5. The molecule has 29 heavy (non-hydrogen) atoms. The molecular formula is C24H36N2O3. The molecule has 1 aliphatic carbocycles. The van der Waals surface area contributed by atoms with E-state index in [-0.39, 0.29) is 35.9 Å². The summed E-state index contributed by atoms with van der Waals surface area (Å²) in [7, 11) is 0. The first-order valence-corrected chi connectivity index (χ1v) is 10.9. The van der Waals surface area contributed by atoms with Gasteiger partial charge in [-0.1, -0.05) is 46.8 Å². The van der Waals surface area contributed by atoms with Gasteiger partial charge in [-0.05, 0) is 60.1 Å². The van der Waals surface area contributed by atoms with Gasteiger partial charge in [0, 0.05) is 18.5 Å². The minimum Gasteiger partial charge on any atom is -0.484 e. The molecular weight excluding hydrogens is 364 g/mol. The number of hydrogen-bond acceptors (Lipinski definition) is 3. The van der Waals surface area contributed by atoms with E-state index in [1.807, 2.05) is 24.3 Å². The molecule has 160 valence electrons. The fourth-order valence-corrected chi connectivity index (χ4v) is 4.91. The van der Waals surface area contributed by atoms with E-state index >= 15 is 0 Å². The van der Waals surface area contributed by atoms with Gasteiger partial charge < -0.3 is 15.4 Å². The van der Waals surface area contributed by atoms with Crippen molar-refractivity contribution in [1.29, 1.82) is 0 Å². The standard InChI is InChI=1S/C24H36N2O3/c1-15(2)16-6-9-18(10-7-16)29-14-23(28)25-17-8-11-19-20(24(3,4)5)13-22(27)26-21(19)12-17/h6-7,9-10,15,17,19-21H,8,11-14H2,1-5H3,(H,25,28)(H,26,27). The summed E-state index contributed by atoms with van der Waals surface area (Å²) in [6, 6.07) is 8.15. The van der Waals surface area contributed by atoms with Crippen LogP contribution in [0.4, 0.5) is 0 Å². The van der Waals surface area contributed by atoms with Gasteiger partial charge in [-0.25, -0.2) is 0 Å². The maximum atomic E-state index is 12.4. The number of hydrogen-bond donors (Lipinski definition) is 2. The highest BCUT2D eigenvalue weighted by molar-refractivity contribution is 5.78. The van der Waals surface area contributed by atoms with Gasteiger partial charge in [0.1, 0.15) is 5.75 Å². The summed E-state index contributed by atoms with van der Waals surface area (Å²) in [5.41, 5.74) is 1.37. The van der Waals surface area contributed by atoms with Gasteiger partial charge in [-0.3, -0.25) is 9.59 Å². The topological polar surface area (TPSA) is 67.4 Å². The van der Waals surface area contributed by atoms with Gasteiger partial charge in [0.2, 0.25) is 5.91 Å². The fourth-order valence-electron chi connectivity index (χ4n) is 4.91. The van der Waals surface area contributed by atoms with Crippen molar-refractivity contribution in [3.8, 4) is 5.75 Å². The molecule has 0 aromatic heterocycles. The molecule has 0 spiro atoms. The molecule has 2 fully saturated rings. The minimum atomic E-state index is -0.101. The monoisotopic (exact) mass is 400 g/mol. The van der Waals surface area contributed by atoms with Crippen molar-refractivity contribution in [3.63, 3.8) is 0 Å². The number of benzene rings is 1. The lowest BCUT2D eigenvalue weighted by Crippen LogP contribution is -2.57. The molecule has 1 aliphatic heterocycles. The predicted octanol–water partition coefficient (Wildman–Crippen LogP) is 4.02. The third-order valence-corrected chi connectivity index (χ3v) is 6.57. The number of carbonyl (C=O) groups is 2. The Bertz CT molecular complexity index is 721. The van der Waals surface area contributed by atoms with Gasteiger partial charge >= 0.3 is 0 Å². The summed E-state index contributed by atoms with van der Waals surface area (Å²) >= 11 is 0. The van der Waals surface area contributed by atoms with Crippen molar-refractivity contribution in [1.82, 2.24) is 10.6 Å². The summed E-state index contributed by atoms with van der Waals surface area (Å²) in [5.74, 6) is 2.12. The zero-order valence-corrected chi connectivity index (χ0v) is 18.5. The number of piperidine rings is 1. The van der Waals surface area contributed by atoms with Crippen molar-refractivity contribution in [3.05, 3.63) is 29.8 Å². The van der Waals surface area contributed by atoms with E-state index < -0.39 is 0 Å². The highest BCUT2D eigenvalue weighted by Crippen LogP contribution is 2.44. The SMILES string of the molecule is CC(C)c1ccc(OCC(=O)NC2CCC3C(C2)NC(=O)CC3C(C)(C)C)cc1. The van der Waals surface area contributed by atoms with Gasteiger partial charge in [0.15, 0.2) is 6.61 Å². The van der Waals surface area contributed by atoms with Crippen molar-refractivity contribution in [2.24, 2.45) is 17.3 Å². The second-order valence-electron chi connectivity index (χ2n) is 10.1. The maximum absolute atomic E-state index is 12.4. The van der Waals surface area contributed by atoms with E-state index in [2.05, 4.69) is 45.3 Å². The number of nitrogens with one attached hydrogen (secondary N) is 2. The third kappa shape index (κ3) is 5.52. The largest absolute Gasteiger partial charge is 0.484 e. The Morgan fingerprint density at radius 2 is 1.90 bits per heavy atom. The predicted molar refractivity (Wildman–Crippen MR) is 115 cm³/mol. The van der Waals surface area contributed by atoms with Crippen molar-refractivity contribution in [2.45, 2.75) is 78.3 Å². The summed E-state index contributed by atoms with van der Waals surface area (Å²) in [6.07, 6.45) is 3.41. The molecule has 1 heterocycles. The van der Waals surface area contributed by atoms with Crippen molar-refractivity contribution in [2.75, 3.05) is 6.61 Å². The van der Waals surface area contributed by atoms with Crippen LogP contribution in [0.2, 0.25) is 0 Å². The smallest absolute Gasteiger partial charge is 0.258 e. The normalized spacial score (nSPS) is 27.2. The Kier molecular flexibility index (Phi) is 6.55. The van der Waals surface area contributed by atoms with Crippen molar-refractivity contribution < 1.29 is 14.3 Å². The minimum absolute atomic E-state index is 0.0165. The van der Waals surface area contributed by atoms with Crippen LogP contribution in [0.25, 0.3) is 0 Å². The van der Waals surface area contributed by atoms with Crippen LogP contribution >= 0.6 is 0 Å². The maximum Gasteiger partial charge on any atom is 0.258 e. The molecule has 5 nitrogen and oxygen atoms in total. The summed E-state index contributed by atoms with van der Waals surface area (Å²) in [5, 5.41) is 6.28. The summed E-state index contributed by atoms with van der Waals surface area (Å²) in [4.78, 5) is 24.6. The Labute approximate surface area is 175 Å². The lowest BCUT2D eigenvalue weighted by Gasteiger charge is -2.48. The van der Waals surface area contributed by atoms with Gasteiger partial charge in [0.05, 0.1) is 0 Å². The highest BCUT2D eigenvalue weighted by Gasteiger charge is 2.45. The highest BCUT2D eigenvalue weighted by atomic mass is 16.5. The number of carbonyl (C=O) groups excluding carboxylic acids is 2. The van der Waals surface area contributed by atoms with Gasteiger partial charge in [-0.15, -0.1) is 0 Å². The molecule has 1 saturated heterocycles. The number of rotatable bonds is 5. The molecule has 0 radical (unpaired) electrons.